The molecule has 6 nitrogen and oxygen atoms in total. The first-order chi connectivity index (χ1) is 14.4. The maximum Gasteiger partial charge on any atom is 0.418 e. The van der Waals surface area contributed by atoms with Gasteiger partial charge in [-0.1, -0.05) is 12.1 Å². The van der Waals surface area contributed by atoms with Crippen molar-refractivity contribution in [2.45, 2.75) is 6.18 Å². The number of carbonyl (C=O) groups is 1. The second-order valence-corrected chi connectivity index (χ2v) is 5.95. The van der Waals surface area contributed by atoms with E-state index in [1.165, 1.54) is 56.0 Å². The van der Waals surface area contributed by atoms with Crippen LogP contribution in [0.5, 0.6) is 11.5 Å². The Balaban J connectivity index is 1.73. The summed E-state index contributed by atoms with van der Waals surface area (Å²) in [6, 6.07) is 12.8. The summed E-state index contributed by atoms with van der Waals surface area (Å²) in [6.45, 7) is 0. The van der Waals surface area contributed by atoms with E-state index in [9.17, 15) is 18.0 Å². The second kappa shape index (κ2) is 9.08. The van der Waals surface area contributed by atoms with Gasteiger partial charge in [-0.05, 0) is 48.0 Å². The number of halogens is 3. The van der Waals surface area contributed by atoms with Crippen molar-refractivity contribution in [2.24, 2.45) is 5.10 Å². The molecule has 0 saturated heterocycles. The summed E-state index contributed by atoms with van der Waals surface area (Å²) in [5, 5.41) is 3.85. The predicted octanol–water partition coefficient (Wildman–Crippen LogP) is 4.77. The van der Waals surface area contributed by atoms with Gasteiger partial charge in [-0.3, -0.25) is 10.4 Å². The van der Waals surface area contributed by atoms with Gasteiger partial charge in [0, 0.05) is 12.4 Å². The zero-order chi connectivity index (χ0) is 21.6. The van der Waals surface area contributed by atoms with Gasteiger partial charge >= 0.3 is 12.1 Å². The lowest BCUT2D eigenvalue weighted by atomic mass is 10.2. The van der Waals surface area contributed by atoms with E-state index in [0.717, 1.165) is 6.07 Å². The number of hydrogen-bond acceptors (Lipinski definition) is 6. The summed E-state index contributed by atoms with van der Waals surface area (Å²) >= 11 is 0. The number of benzene rings is 2. The Morgan fingerprint density at radius 1 is 1.10 bits per heavy atom. The van der Waals surface area contributed by atoms with Gasteiger partial charge in [0.05, 0.1) is 30.1 Å². The summed E-state index contributed by atoms with van der Waals surface area (Å²) in [4.78, 5) is 16.0. The van der Waals surface area contributed by atoms with Crippen molar-refractivity contribution in [3.63, 3.8) is 0 Å². The van der Waals surface area contributed by atoms with Gasteiger partial charge in [-0.15, -0.1) is 0 Å². The summed E-state index contributed by atoms with van der Waals surface area (Å²) < 4.78 is 49.6. The summed E-state index contributed by atoms with van der Waals surface area (Å²) in [6.07, 6.45) is -0.266. The van der Waals surface area contributed by atoms with Crippen molar-refractivity contribution in [1.82, 2.24) is 4.98 Å². The van der Waals surface area contributed by atoms with Gasteiger partial charge in [-0.2, -0.15) is 18.3 Å². The monoisotopic (exact) mass is 415 g/mol. The van der Waals surface area contributed by atoms with Crippen LogP contribution in [0.2, 0.25) is 0 Å². The molecule has 2 aromatic carbocycles. The van der Waals surface area contributed by atoms with E-state index in [1.54, 1.807) is 18.2 Å². The number of rotatable bonds is 6. The zero-order valence-electron chi connectivity index (χ0n) is 15.7. The van der Waals surface area contributed by atoms with Crippen molar-refractivity contribution in [1.29, 1.82) is 0 Å². The molecule has 0 saturated carbocycles. The van der Waals surface area contributed by atoms with Gasteiger partial charge < -0.3 is 9.47 Å². The fourth-order valence-electron chi connectivity index (χ4n) is 2.50. The van der Waals surface area contributed by atoms with Crippen LogP contribution < -0.4 is 14.9 Å². The molecule has 0 aliphatic carbocycles. The van der Waals surface area contributed by atoms with Crippen LogP contribution in [0, 0.1) is 0 Å². The van der Waals surface area contributed by atoms with Crippen molar-refractivity contribution in [3.8, 4) is 11.5 Å². The molecule has 0 aliphatic heterocycles. The van der Waals surface area contributed by atoms with Crippen LogP contribution >= 0.6 is 0 Å². The fourth-order valence-corrected chi connectivity index (χ4v) is 2.50. The quantitative estimate of drug-likeness (QED) is 0.272. The molecule has 30 heavy (non-hydrogen) atoms. The molecular weight excluding hydrogens is 399 g/mol. The number of ether oxygens (including phenoxy) is 2. The molecule has 0 radical (unpaired) electrons. The predicted molar refractivity (Wildman–Crippen MR) is 105 cm³/mol. The maximum absolute atomic E-state index is 13.0. The Kier molecular flexibility index (Phi) is 6.31. The number of nitrogens with zero attached hydrogens (tertiary/aromatic N) is 2. The van der Waals surface area contributed by atoms with Crippen LogP contribution in [0.25, 0.3) is 0 Å². The Morgan fingerprint density at radius 3 is 2.60 bits per heavy atom. The highest BCUT2D eigenvalue weighted by Crippen LogP contribution is 2.34. The average molecular weight is 415 g/mol. The maximum atomic E-state index is 13.0. The summed E-state index contributed by atoms with van der Waals surface area (Å²) in [5.74, 6) is -0.168. The SMILES string of the molecule is COc1cc(/C=N/Nc2ccccc2C(F)(F)F)ccc1OC(=O)c1cccnc1. The summed E-state index contributed by atoms with van der Waals surface area (Å²) in [5.41, 5.74) is 2.19. The molecule has 1 heterocycles. The molecule has 1 aromatic heterocycles. The first-order valence-corrected chi connectivity index (χ1v) is 8.64. The molecule has 0 fully saturated rings. The smallest absolute Gasteiger partial charge is 0.418 e. The number of hydrogen-bond donors (Lipinski definition) is 1. The molecule has 154 valence electrons. The van der Waals surface area contributed by atoms with Crippen molar-refractivity contribution >= 4 is 17.9 Å². The average Bonchev–Trinajstić information content (AvgIpc) is 2.75. The minimum absolute atomic E-state index is 0.171. The van der Waals surface area contributed by atoms with Crippen LogP contribution in [0.1, 0.15) is 21.5 Å². The van der Waals surface area contributed by atoms with E-state index in [-0.39, 0.29) is 22.7 Å². The number of aromatic nitrogens is 1. The van der Waals surface area contributed by atoms with Gasteiger partial charge in [0.1, 0.15) is 0 Å². The highest BCUT2D eigenvalue weighted by atomic mass is 19.4. The van der Waals surface area contributed by atoms with E-state index in [4.69, 9.17) is 9.47 Å². The third kappa shape index (κ3) is 5.13. The number of esters is 1. The Hall–Kier alpha value is -3.88. The number of pyridine rings is 1. The molecule has 0 unspecified atom stereocenters. The number of carbonyl (C=O) groups excluding carboxylic acids is 1. The lowest BCUT2D eigenvalue weighted by Gasteiger charge is -2.11. The lowest BCUT2D eigenvalue weighted by Crippen LogP contribution is -2.09. The molecular formula is C21H16F3N3O3. The number of nitrogens with one attached hydrogen (secondary N) is 1. The standard InChI is InChI=1S/C21H16F3N3O3/c1-29-19-11-14(8-9-18(19)30-20(28)15-5-4-10-25-13-15)12-26-27-17-7-3-2-6-16(17)21(22,23)24/h2-13,27H,1H3/b26-12+. The number of hydrazone groups is 1. The Morgan fingerprint density at radius 2 is 1.90 bits per heavy atom. The van der Waals surface area contributed by atoms with Crippen LogP contribution in [0.4, 0.5) is 18.9 Å². The van der Waals surface area contributed by atoms with Crippen LogP contribution in [-0.4, -0.2) is 24.3 Å². The highest BCUT2D eigenvalue weighted by molar-refractivity contribution is 5.91. The van der Waals surface area contributed by atoms with Gasteiger partial charge in [0.25, 0.3) is 0 Å². The van der Waals surface area contributed by atoms with E-state index >= 15 is 0 Å². The second-order valence-electron chi connectivity index (χ2n) is 5.95. The van der Waals surface area contributed by atoms with E-state index in [2.05, 4.69) is 15.5 Å². The molecule has 9 heteroatoms. The van der Waals surface area contributed by atoms with Crippen molar-refractivity contribution < 1.29 is 27.4 Å². The van der Waals surface area contributed by atoms with Gasteiger partial charge in [0.15, 0.2) is 11.5 Å². The van der Waals surface area contributed by atoms with Gasteiger partial charge in [-0.25, -0.2) is 4.79 Å². The van der Waals surface area contributed by atoms with E-state index in [0.29, 0.717) is 5.56 Å². The third-order valence-corrected chi connectivity index (χ3v) is 3.92. The number of anilines is 1. The first-order valence-electron chi connectivity index (χ1n) is 8.64. The summed E-state index contributed by atoms with van der Waals surface area (Å²) in [7, 11) is 1.40. The largest absolute Gasteiger partial charge is 0.493 e. The minimum atomic E-state index is -4.50. The molecule has 0 amide bonds. The minimum Gasteiger partial charge on any atom is -0.493 e. The third-order valence-electron chi connectivity index (χ3n) is 3.92. The van der Waals surface area contributed by atoms with Crippen LogP contribution in [0.3, 0.4) is 0 Å². The lowest BCUT2D eigenvalue weighted by molar-refractivity contribution is -0.136. The highest BCUT2D eigenvalue weighted by Gasteiger charge is 2.33. The Bertz CT molecular complexity index is 1050. The molecule has 1 N–H and O–H groups in total. The van der Waals surface area contributed by atoms with E-state index < -0.39 is 17.7 Å². The van der Waals surface area contributed by atoms with E-state index in [1.807, 2.05) is 0 Å². The molecule has 0 aliphatic rings. The number of para-hydroxylation sites is 1. The van der Waals surface area contributed by atoms with Crippen LogP contribution in [-0.2, 0) is 6.18 Å². The number of methoxy groups -OCH3 is 1. The molecule has 0 bridgehead atoms. The molecule has 3 rings (SSSR count). The normalized spacial score (nSPS) is 11.3. The topological polar surface area (TPSA) is 72.8 Å². The van der Waals surface area contributed by atoms with Crippen molar-refractivity contribution in [3.05, 3.63) is 83.7 Å². The molecule has 0 spiro atoms. The molecule has 3 aromatic rings. The number of alkyl halides is 3. The molecule has 0 atom stereocenters. The first kappa shape index (κ1) is 20.8. The Labute approximate surface area is 170 Å². The van der Waals surface area contributed by atoms with Crippen molar-refractivity contribution in [2.75, 3.05) is 12.5 Å². The fraction of sp³-hybridized carbons (Fsp3) is 0.0952. The van der Waals surface area contributed by atoms with Crippen LogP contribution in [0.15, 0.2) is 72.1 Å². The zero-order valence-corrected chi connectivity index (χ0v) is 15.7. The van der Waals surface area contributed by atoms with Gasteiger partial charge in [0.2, 0.25) is 0 Å².